The predicted octanol–water partition coefficient (Wildman–Crippen LogP) is 6.73. The molecule has 2 saturated carbocycles. The van der Waals surface area contributed by atoms with Gasteiger partial charge in [0.25, 0.3) is 5.88 Å². The fourth-order valence-corrected chi connectivity index (χ4v) is 5.85. The number of anilines is 2. The molecule has 0 N–H and O–H groups in total. The molecule has 0 aliphatic heterocycles. The van der Waals surface area contributed by atoms with E-state index < -0.39 is 5.60 Å². The van der Waals surface area contributed by atoms with Crippen molar-refractivity contribution in [3.63, 3.8) is 0 Å². The third-order valence-corrected chi connectivity index (χ3v) is 8.74. The van der Waals surface area contributed by atoms with Crippen molar-refractivity contribution >= 4 is 57.0 Å². The van der Waals surface area contributed by atoms with E-state index in [1.54, 1.807) is 16.5 Å². The Morgan fingerprint density at radius 3 is 2.44 bits per heavy atom. The van der Waals surface area contributed by atoms with Gasteiger partial charge in [-0.1, -0.05) is 5.92 Å². The summed E-state index contributed by atoms with van der Waals surface area (Å²) in [7, 11) is 1.86. The van der Waals surface area contributed by atoms with Crippen LogP contribution in [0.4, 0.5) is 11.5 Å². The summed E-state index contributed by atoms with van der Waals surface area (Å²) < 4.78 is 14.9. The monoisotopic (exact) mass is 668 g/mol. The molecule has 1 amide bonds. The number of carbonyl (C=O) groups excluding carboxylic acids is 2. The molecule has 0 spiro atoms. The number of carbonyl (C=O) groups is 2. The van der Waals surface area contributed by atoms with Crippen LogP contribution in [0.2, 0.25) is 0 Å². The number of ether oxygens (including phenoxy) is 2. The van der Waals surface area contributed by atoms with E-state index in [0.717, 1.165) is 48.0 Å². The molecule has 0 unspecified atom stereocenters. The highest BCUT2D eigenvalue weighted by molar-refractivity contribution is 14.1. The highest BCUT2D eigenvalue weighted by atomic mass is 127. The van der Waals surface area contributed by atoms with Crippen molar-refractivity contribution in [3.8, 4) is 17.7 Å². The van der Waals surface area contributed by atoms with Crippen LogP contribution in [0.3, 0.4) is 0 Å². The normalized spacial score (nSPS) is 18.9. The number of rotatable bonds is 6. The molecular weight excluding hydrogens is 631 g/mol. The van der Waals surface area contributed by atoms with Crippen molar-refractivity contribution in [1.82, 2.24) is 14.8 Å². The third-order valence-electron chi connectivity index (χ3n) is 7.57. The zero-order chi connectivity index (χ0) is 29.5. The van der Waals surface area contributed by atoms with Crippen molar-refractivity contribution < 1.29 is 19.1 Å². The van der Waals surface area contributed by atoms with E-state index in [1.807, 2.05) is 40.0 Å². The van der Waals surface area contributed by atoms with Crippen molar-refractivity contribution in [2.75, 3.05) is 4.90 Å². The summed E-state index contributed by atoms with van der Waals surface area (Å²) in [6.07, 6.45) is 5.00. The van der Waals surface area contributed by atoms with E-state index >= 15 is 0 Å². The molecule has 2 aliphatic carbocycles. The number of amides is 1. The van der Waals surface area contributed by atoms with E-state index in [2.05, 4.69) is 58.6 Å². The van der Waals surface area contributed by atoms with Gasteiger partial charge in [-0.15, -0.1) is 5.10 Å². The topological polar surface area (TPSA) is 86.6 Å². The Bertz CT molecular complexity index is 1550. The number of esters is 1. The first-order valence-corrected chi connectivity index (χ1v) is 15.3. The molecule has 3 aromatic rings. The largest absolute Gasteiger partial charge is 0.472 e. The molecule has 5 rings (SSSR count). The van der Waals surface area contributed by atoms with Crippen LogP contribution in [0, 0.1) is 28.3 Å². The molecule has 2 heterocycles. The molecule has 2 aromatic heterocycles. The van der Waals surface area contributed by atoms with Gasteiger partial charge in [-0.05, 0) is 143 Å². The number of benzene rings is 1. The number of fused-ring (bicyclic) bond motifs is 1. The lowest BCUT2D eigenvalue weighted by Gasteiger charge is -2.29. The standard InChI is InChI=1S/C32H37IN4O4/c1-7-8-28(38)37(26-17-19(2)24(33)18-23(26)20-9-10-20)27-16-15-25-29(34-27)30(35-36(25)6)40-22-13-11-21(12-14-22)31(39)41-32(3,4)5/h15-18,20-22H,9-14H2,1-6H3. The summed E-state index contributed by atoms with van der Waals surface area (Å²) in [5.41, 5.74) is 3.99. The van der Waals surface area contributed by atoms with Gasteiger partial charge < -0.3 is 9.47 Å². The van der Waals surface area contributed by atoms with Gasteiger partial charge in [0, 0.05) is 10.6 Å². The second kappa shape index (κ2) is 11.6. The summed E-state index contributed by atoms with van der Waals surface area (Å²) in [5.74, 6) is 6.26. The number of nitrogens with zero attached hydrogens (tertiary/aromatic N) is 4. The fraction of sp³-hybridized carbons (Fsp3) is 0.500. The fourth-order valence-electron chi connectivity index (χ4n) is 5.36. The van der Waals surface area contributed by atoms with Gasteiger partial charge in [0.1, 0.15) is 17.5 Å². The van der Waals surface area contributed by atoms with Crippen molar-refractivity contribution in [3.05, 3.63) is 39.0 Å². The van der Waals surface area contributed by atoms with Gasteiger partial charge in [0.15, 0.2) is 5.52 Å². The summed E-state index contributed by atoms with van der Waals surface area (Å²) in [6.45, 7) is 9.39. The Morgan fingerprint density at radius 1 is 1.10 bits per heavy atom. The Balaban J connectivity index is 1.45. The van der Waals surface area contributed by atoms with Crippen LogP contribution in [0.15, 0.2) is 24.3 Å². The minimum absolute atomic E-state index is 0.0822. The van der Waals surface area contributed by atoms with E-state index in [4.69, 9.17) is 14.5 Å². The average Bonchev–Trinajstić information content (AvgIpc) is 3.70. The first-order chi connectivity index (χ1) is 19.4. The van der Waals surface area contributed by atoms with E-state index in [0.29, 0.717) is 36.0 Å². The van der Waals surface area contributed by atoms with E-state index in [-0.39, 0.29) is 23.9 Å². The highest BCUT2D eigenvalue weighted by Crippen LogP contribution is 2.47. The van der Waals surface area contributed by atoms with Crippen molar-refractivity contribution in [2.24, 2.45) is 13.0 Å². The quantitative estimate of drug-likeness (QED) is 0.165. The summed E-state index contributed by atoms with van der Waals surface area (Å²) in [4.78, 5) is 32.6. The van der Waals surface area contributed by atoms with Crippen LogP contribution in [-0.4, -0.2) is 38.3 Å². The van der Waals surface area contributed by atoms with Gasteiger partial charge in [-0.3, -0.25) is 19.2 Å². The van der Waals surface area contributed by atoms with Crippen LogP contribution in [0.5, 0.6) is 5.88 Å². The zero-order valence-electron chi connectivity index (χ0n) is 24.6. The first kappa shape index (κ1) is 29.4. The summed E-state index contributed by atoms with van der Waals surface area (Å²) in [5, 5.41) is 4.63. The molecule has 41 heavy (non-hydrogen) atoms. The number of halogens is 1. The minimum atomic E-state index is -0.491. The molecule has 0 radical (unpaired) electrons. The van der Waals surface area contributed by atoms with Gasteiger partial charge in [-0.2, -0.15) is 0 Å². The third kappa shape index (κ3) is 6.53. The maximum Gasteiger partial charge on any atom is 0.309 e. The van der Waals surface area contributed by atoms with Crippen LogP contribution in [0.1, 0.15) is 83.3 Å². The molecule has 2 aliphatic rings. The Morgan fingerprint density at radius 2 is 1.80 bits per heavy atom. The van der Waals surface area contributed by atoms with Gasteiger partial charge in [0.05, 0.1) is 17.1 Å². The molecule has 8 nitrogen and oxygen atoms in total. The van der Waals surface area contributed by atoms with Crippen molar-refractivity contribution in [2.45, 2.75) is 90.8 Å². The van der Waals surface area contributed by atoms with Crippen molar-refractivity contribution in [1.29, 1.82) is 0 Å². The molecule has 1 aromatic carbocycles. The Kier molecular flexibility index (Phi) is 8.33. The van der Waals surface area contributed by atoms with Crippen LogP contribution in [-0.2, 0) is 21.4 Å². The SMILES string of the molecule is CC#CC(=O)N(c1ccc2c(n1)c(OC1CCC(C(=O)OC(C)(C)C)CC1)nn2C)c1cc(C)c(I)cc1C1CC1. The van der Waals surface area contributed by atoms with Crippen LogP contribution >= 0.6 is 22.6 Å². The Hall–Kier alpha value is -3.13. The lowest BCUT2D eigenvalue weighted by Crippen LogP contribution is -2.33. The van der Waals surface area contributed by atoms with Gasteiger partial charge in [0.2, 0.25) is 0 Å². The molecule has 2 fully saturated rings. The Labute approximate surface area is 255 Å². The molecule has 216 valence electrons. The molecule has 0 saturated heterocycles. The maximum absolute atomic E-state index is 13.5. The lowest BCUT2D eigenvalue weighted by molar-refractivity contribution is -0.161. The van der Waals surface area contributed by atoms with E-state index in [1.165, 1.54) is 3.57 Å². The van der Waals surface area contributed by atoms with Crippen LogP contribution < -0.4 is 9.64 Å². The first-order valence-electron chi connectivity index (χ1n) is 14.2. The van der Waals surface area contributed by atoms with E-state index in [9.17, 15) is 9.59 Å². The molecule has 0 atom stereocenters. The number of aromatic nitrogens is 3. The second-order valence-electron chi connectivity index (χ2n) is 12.0. The molecule has 0 bridgehead atoms. The number of pyridine rings is 1. The van der Waals surface area contributed by atoms with Crippen LogP contribution in [0.25, 0.3) is 11.0 Å². The molecular formula is C32H37IN4O4. The predicted molar refractivity (Wildman–Crippen MR) is 167 cm³/mol. The smallest absolute Gasteiger partial charge is 0.309 e. The zero-order valence-corrected chi connectivity index (χ0v) is 26.7. The minimum Gasteiger partial charge on any atom is -0.472 e. The number of hydrogen-bond acceptors (Lipinski definition) is 6. The number of hydrogen-bond donors (Lipinski definition) is 0. The lowest BCUT2D eigenvalue weighted by atomic mass is 9.87. The highest BCUT2D eigenvalue weighted by Gasteiger charge is 2.33. The second-order valence-corrected chi connectivity index (χ2v) is 13.2. The summed E-state index contributed by atoms with van der Waals surface area (Å²) in [6, 6.07) is 8.03. The maximum atomic E-state index is 13.5. The average molecular weight is 669 g/mol. The van der Waals surface area contributed by atoms with Gasteiger partial charge in [-0.25, -0.2) is 4.98 Å². The summed E-state index contributed by atoms with van der Waals surface area (Å²) >= 11 is 2.35. The van der Waals surface area contributed by atoms with Gasteiger partial charge >= 0.3 is 11.9 Å². The molecule has 9 heteroatoms. The number of aryl methyl sites for hydroxylation is 2.